The van der Waals surface area contributed by atoms with E-state index in [1.54, 1.807) is 0 Å². The van der Waals surface area contributed by atoms with E-state index in [0.29, 0.717) is 23.8 Å². The van der Waals surface area contributed by atoms with Gasteiger partial charge in [-0.15, -0.1) is 0 Å². The van der Waals surface area contributed by atoms with Gasteiger partial charge in [-0.3, -0.25) is 9.48 Å². The second-order valence-electron chi connectivity index (χ2n) is 10.9. The van der Waals surface area contributed by atoms with Crippen LogP contribution in [0.4, 0.5) is 0 Å². The fourth-order valence-corrected chi connectivity index (χ4v) is 5.36. The largest absolute Gasteiger partial charge is 0.361 e. The number of aryl methyl sites for hydroxylation is 3. The molecule has 2 aromatic rings. The lowest BCUT2D eigenvalue weighted by molar-refractivity contribution is -0.136. The van der Waals surface area contributed by atoms with Gasteiger partial charge in [0.1, 0.15) is 5.76 Å². The number of hydrogen-bond donors (Lipinski definition) is 0. The van der Waals surface area contributed by atoms with E-state index >= 15 is 0 Å². The van der Waals surface area contributed by atoms with Crippen LogP contribution in [0.15, 0.2) is 10.6 Å². The molecule has 0 aromatic carbocycles. The van der Waals surface area contributed by atoms with E-state index in [-0.39, 0.29) is 11.8 Å². The van der Waals surface area contributed by atoms with Crippen molar-refractivity contribution in [2.24, 2.45) is 17.3 Å². The summed E-state index contributed by atoms with van der Waals surface area (Å²) in [6.45, 7) is 15.3. The summed E-state index contributed by atoms with van der Waals surface area (Å²) in [7, 11) is 0. The minimum absolute atomic E-state index is 0.0693. The highest BCUT2D eigenvalue weighted by Gasteiger charge is 2.36. The average Bonchev–Trinajstić information content (AvgIpc) is 3.28. The SMILES string of the molecule is Cc1cc(C)n(C[C@H](C)C(=O)N2CCC(c3onc4c3C[C@@H](C(C)(C)C)CC4)CC2)n1. The summed E-state index contributed by atoms with van der Waals surface area (Å²) in [5.41, 5.74) is 4.96. The number of fused-ring (bicyclic) bond motifs is 1. The lowest BCUT2D eigenvalue weighted by Gasteiger charge is -2.35. The summed E-state index contributed by atoms with van der Waals surface area (Å²) in [6, 6.07) is 2.06. The maximum absolute atomic E-state index is 13.0. The van der Waals surface area contributed by atoms with E-state index in [4.69, 9.17) is 4.52 Å². The molecule has 0 unspecified atom stereocenters. The number of rotatable bonds is 4. The van der Waals surface area contributed by atoms with E-state index in [0.717, 1.165) is 55.9 Å². The summed E-state index contributed by atoms with van der Waals surface area (Å²) in [5, 5.41) is 8.94. The van der Waals surface area contributed by atoms with Crippen LogP contribution >= 0.6 is 0 Å². The lowest BCUT2D eigenvalue weighted by atomic mass is 9.71. The molecule has 0 N–H and O–H groups in total. The Balaban J connectivity index is 1.37. The predicted octanol–water partition coefficient (Wildman–Crippen LogP) is 4.68. The van der Waals surface area contributed by atoms with Crippen molar-refractivity contribution in [2.45, 2.75) is 86.1 Å². The smallest absolute Gasteiger partial charge is 0.227 e. The van der Waals surface area contributed by atoms with Crippen LogP contribution in [0, 0.1) is 31.1 Å². The molecular weight excluding hydrogens is 388 g/mol. The van der Waals surface area contributed by atoms with Gasteiger partial charge >= 0.3 is 0 Å². The van der Waals surface area contributed by atoms with Crippen molar-refractivity contribution in [3.05, 3.63) is 34.5 Å². The highest BCUT2D eigenvalue weighted by molar-refractivity contribution is 5.78. The number of amides is 1. The van der Waals surface area contributed by atoms with Crippen LogP contribution in [0.1, 0.15) is 81.3 Å². The molecule has 6 heteroatoms. The monoisotopic (exact) mass is 426 g/mol. The summed E-state index contributed by atoms with van der Waals surface area (Å²) in [5.74, 6) is 2.32. The molecule has 1 aliphatic heterocycles. The number of likely N-dealkylation sites (tertiary alicyclic amines) is 1. The maximum atomic E-state index is 13.0. The summed E-state index contributed by atoms with van der Waals surface area (Å²) in [4.78, 5) is 15.1. The molecule has 170 valence electrons. The van der Waals surface area contributed by atoms with Crippen LogP contribution in [0.2, 0.25) is 0 Å². The predicted molar refractivity (Wildman–Crippen MR) is 121 cm³/mol. The van der Waals surface area contributed by atoms with Crippen LogP contribution in [-0.4, -0.2) is 38.8 Å². The number of piperidine rings is 1. The van der Waals surface area contributed by atoms with Gasteiger partial charge in [-0.05, 0) is 63.4 Å². The first-order valence-electron chi connectivity index (χ1n) is 11.9. The number of hydrogen-bond acceptors (Lipinski definition) is 4. The van der Waals surface area contributed by atoms with Crippen molar-refractivity contribution in [1.82, 2.24) is 19.8 Å². The van der Waals surface area contributed by atoms with Gasteiger partial charge in [0.05, 0.1) is 23.9 Å². The molecule has 1 amide bonds. The molecule has 6 nitrogen and oxygen atoms in total. The molecule has 4 rings (SSSR count). The molecule has 3 heterocycles. The molecule has 0 bridgehead atoms. The molecule has 0 radical (unpaired) electrons. The van der Waals surface area contributed by atoms with Gasteiger partial charge in [0.2, 0.25) is 5.91 Å². The second kappa shape index (κ2) is 8.44. The van der Waals surface area contributed by atoms with Crippen LogP contribution < -0.4 is 0 Å². The van der Waals surface area contributed by atoms with Gasteiger partial charge in [-0.2, -0.15) is 5.10 Å². The van der Waals surface area contributed by atoms with Gasteiger partial charge in [-0.25, -0.2) is 0 Å². The van der Waals surface area contributed by atoms with E-state index in [2.05, 4.69) is 37.1 Å². The zero-order valence-corrected chi connectivity index (χ0v) is 20.1. The average molecular weight is 427 g/mol. The third-order valence-electron chi connectivity index (χ3n) is 7.45. The molecule has 0 saturated carbocycles. The third kappa shape index (κ3) is 4.58. The molecule has 1 aliphatic carbocycles. The van der Waals surface area contributed by atoms with Crippen molar-refractivity contribution < 1.29 is 9.32 Å². The van der Waals surface area contributed by atoms with Crippen molar-refractivity contribution >= 4 is 5.91 Å². The third-order valence-corrected chi connectivity index (χ3v) is 7.45. The van der Waals surface area contributed by atoms with E-state index in [1.165, 1.54) is 17.7 Å². The van der Waals surface area contributed by atoms with Crippen LogP contribution in [0.3, 0.4) is 0 Å². The number of aromatic nitrogens is 3. The number of nitrogens with zero attached hydrogens (tertiary/aromatic N) is 4. The van der Waals surface area contributed by atoms with E-state index in [1.807, 2.05) is 30.4 Å². The fourth-order valence-electron chi connectivity index (χ4n) is 5.36. The first-order valence-corrected chi connectivity index (χ1v) is 11.9. The topological polar surface area (TPSA) is 64.2 Å². The van der Waals surface area contributed by atoms with Crippen molar-refractivity contribution in [1.29, 1.82) is 0 Å². The summed E-state index contributed by atoms with van der Waals surface area (Å²) in [6.07, 6.45) is 5.22. The highest BCUT2D eigenvalue weighted by atomic mass is 16.5. The minimum Gasteiger partial charge on any atom is -0.361 e. The van der Waals surface area contributed by atoms with Crippen molar-refractivity contribution in [2.75, 3.05) is 13.1 Å². The van der Waals surface area contributed by atoms with E-state index < -0.39 is 0 Å². The Morgan fingerprint density at radius 3 is 2.55 bits per heavy atom. The molecular formula is C25H38N4O2. The molecule has 1 fully saturated rings. The molecule has 1 saturated heterocycles. The van der Waals surface area contributed by atoms with Crippen LogP contribution in [-0.2, 0) is 24.2 Å². The fraction of sp³-hybridized carbons (Fsp3) is 0.720. The van der Waals surface area contributed by atoms with Gasteiger partial charge in [0.15, 0.2) is 0 Å². The zero-order valence-electron chi connectivity index (χ0n) is 20.1. The van der Waals surface area contributed by atoms with Crippen molar-refractivity contribution in [3.63, 3.8) is 0 Å². The van der Waals surface area contributed by atoms with Crippen LogP contribution in [0.25, 0.3) is 0 Å². The highest BCUT2D eigenvalue weighted by Crippen LogP contribution is 2.41. The van der Waals surface area contributed by atoms with Crippen molar-refractivity contribution in [3.8, 4) is 0 Å². The van der Waals surface area contributed by atoms with Gasteiger partial charge in [0, 0.05) is 30.3 Å². The first kappa shape index (κ1) is 22.1. The quantitative estimate of drug-likeness (QED) is 0.712. The normalized spacial score (nSPS) is 21.2. The summed E-state index contributed by atoms with van der Waals surface area (Å²) < 4.78 is 7.85. The minimum atomic E-state index is -0.0693. The molecule has 2 aromatic heterocycles. The molecule has 2 atom stereocenters. The Labute approximate surface area is 186 Å². The van der Waals surface area contributed by atoms with Gasteiger partial charge < -0.3 is 9.42 Å². The zero-order chi connectivity index (χ0) is 22.3. The second-order valence-corrected chi connectivity index (χ2v) is 10.9. The Bertz CT molecular complexity index is 928. The maximum Gasteiger partial charge on any atom is 0.227 e. The first-order chi connectivity index (χ1) is 14.6. The Hall–Kier alpha value is -2.11. The van der Waals surface area contributed by atoms with Gasteiger partial charge in [-0.1, -0.05) is 32.9 Å². The lowest BCUT2D eigenvalue weighted by Crippen LogP contribution is -2.42. The van der Waals surface area contributed by atoms with E-state index in [9.17, 15) is 4.79 Å². The summed E-state index contributed by atoms with van der Waals surface area (Å²) >= 11 is 0. The number of carbonyl (C=O) groups is 1. The van der Waals surface area contributed by atoms with Crippen LogP contribution in [0.5, 0.6) is 0 Å². The van der Waals surface area contributed by atoms with Gasteiger partial charge in [0.25, 0.3) is 0 Å². The molecule has 0 spiro atoms. The molecule has 31 heavy (non-hydrogen) atoms. The molecule has 2 aliphatic rings. The Kier molecular flexibility index (Phi) is 6.01. The Morgan fingerprint density at radius 2 is 1.94 bits per heavy atom. The standard InChI is InChI=1S/C25H38N4O2/c1-16(15-29-18(3)13-17(2)26-29)24(30)28-11-9-19(10-12-28)23-21-14-20(25(4,5)6)7-8-22(21)27-31-23/h13,16,19-20H,7-12,14-15H2,1-6H3/t16-,20-/m0/s1. The Morgan fingerprint density at radius 1 is 1.23 bits per heavy atom. The number of carbonyl (C=O) groups excluding carboxylic acids is 1.